The molecule has 0 radical (unpaired) electrons. The summed E-state index contributed by atoms with van der Waals surface area (Å²) < 4.78 is 34.8. The normalized spacial score (nSPS) is 12.8. The van der Waals surface area contributed by atoms with E-state index in [1.165, 1.54) is 12.1 Å². The zero-order valence-corrected chi connectivity index (χ0v) is 23.0. The van der Waals surface area contributed by atoms with Crippen LogP contribution in [-0.4, -0.2) is 52.7 Å². The predicted octanol–water partition coefficient (Wildman–Crippen LogP) is 3.90. The minimum Gasteiger partial charge on any atom is -0.461 e. The molecule has 2 aromatic heterocycles. The van der Waals surface area contributed by atoms with Crippen LogP contribution in [0.25, 0.3) is 11.2 Å². The molecule has 11 heteroatoms. The first-order valence-electron chi connectivity index (χ1n) is 12.7. The molecule has 0 aliphatic heterocycles. The molecule has 0 saturated carbocycles. The summed E-state index contributed by atoms with van der Waals surface area (Å²) in [6.45, 7) is 6.93. The van der Waals surface area contributed by atoms with E-state index in [1.807, 2.05) is 18.4 Å². The van der Waals surface area contributed by atoms with Gasteiger partial charge in [-0.3, -0.25) is 4.72 Å². The number of anilines is 1. The second kappa shape index (κ2) is 11.9. The molecule has 206 valence electrons. The Morgan fingerprint density at radius 1 is 1.10 bits per heavy atom. The molecule has 0 aliphatic rings. The molecule has 3 N–H and O–H groups in total. The number of β-amino-alcohol motifs (C(OH)–C–C–N with tert-alkyl or cyclic N) is 1. The third-order valence-corrected chi connectivity index (χ3v) is 7.67. The lowest BCUT2D eigenvalue weighted by atomic mass is 9.99. The van der Waals surface area contributed by atoms with E-state index in [4.69, 9.17) is 4.74 Å². The Balaban J connectivity index is 1.36. The number of rotatable bonds is 12. The molecule has 0 fully saturated rings. The number of hydrogen-bond acceptors (Lipinski definition) is 8. The summed E-state index contributed by atoms with van der Waals surface area (Å²) in [6, 6.07) is 18.2. The van der Waals surface area contributed by atoms with Gasteiger partial charge in [-0.05, 0) is 69.2 Å². The smallest absolute Gasteiger partial charge is 0.357 e. The van der Waals surface area contributed by atoms with Crippen LogP contribution in [0.4, 0.5) is 5.69 Å². The number of esters is 1. The van der Waals surface area contributed by atoms with Gasteiger partial charge in [0.15, 0.2) is 11.3 Å². The SMILES string of the molecule is CCOC(=O)c1ccc2ncn(CCC(C)(C)NC[C@H](O)c3cccc(NS(=O)(=O)c4ccccc4)c3)c2n1. The number of carbonyl (C=O) groups excluding carboxylic acids is 1. The highest BCUT2D eigenvalue weighted by molar-refractivity contribution is 7.92. The number of nitrogens with zero attached hydrogens (tertiary/aromatic N) is 3. The van der Waals surface area contributed by atoms with Gasteiger partial charge in [0.1, 0.15) is 5.52 Å². The first-order valence-corrected chi connectivity index (χ1v) is 14.2. The standard InChI is InChI=1S/C28H33N5O5S/c1-4-38-27(35)24-14-13-23-26(31-24)33(19-29-23)16-15-28(2,3)30-18-25(34)20-9-8-10-21(17-20)32-39(36,37)22-11-6-5-7-12-22/h5-14,17,19,25,30,32,34H,4,15-16,18H2,1-3H3/t25-/m0/s1. The number of pyridine rings is 1. The summed E-state index contributed by atoms with van der Waals surface area (Å²) in [7, 11) is -3.73. The molecule has 0 unspecified atom stereocenters. The summed E-state index contributed by atoms with van der Waals surface area (Å²) in [5.41, 5.74) is 2.13. The predicted molar refractivity (Wildman–Crippen MR) is 149 cm³/mol. The molecule has 0 spiro atoms. The average Bonchev–Trinajstić information content (AvgIpc) is 3.33. The Morgan fingerprint density at radius 2 is 1.87 bits per heavy atom. The van der Waals surface area contributed by atoms with Gasteiger partial charge >= 0.3 is 5.97 Å². The minimum absolute atomic E-state index is 0.164. The Hall–Kier alpha value is -3.80. The van der Waals surface area contributed by atoms with Crippen LogP contribution in [0.1, 0.15) is 49.3 Å². The van der Waals surface area contributed by atoms with Crippen molar-refractivity contribution >= 4 is 32.8 Å². The summed E-state index contributed by atoms with van der Waals surface area (Å²) >= 11 is 0. The van der Waals surface area contributed by atoms with Gasteiger partial charge in [0.25, 0.3) is 10.0 Å². The van der Waals surface area contributed by atoms with Gasteiger partial charge < -0.3 is 19.7 Å². The Labute approximate surface area is 228 Å². The number of benzene rings is 2. The van der Waals surface area contributed by atoms with Crippen LogP contribution in [0.5, 0.6) is 0 Å². The topological polar surface area (TPSA) is 135 Å². The van der Waals surface area contributed by atoms with Crippen molar-refractivity contribution in [3.63, 3.8) is 0 Å². The minimum atomic E-state index is -3.73. The molecule has 0 amide bonds. The first-order chi connectivity index (χ1) is 18.6. The van der Waals surface area contributed by atoms with Crippen LogP contribution in [0.2, 0.25) is 0 Å². The summed E-state index contributed by atoms with van der Waals surface area (Å²) in [4.78, 5) is 21.1. The lowest BCUT2D eigenvalue weighted by Gasteiger charge is -2.28. The van der Waals surface area contributed by atoms with Crippen LogP contribution in [-0.2, 0) is 21.3 Å². The first kappa shape index (κ1) is 28.2. The van der Waals surface area contributed by atoms with Gasteiger partial charge in [-0.25, -0.2) is 23.2 Å². The highest BCUT2D eigenvalue weighted by Crippen LogP contribution is 2.22. The molecule has 39 heavy (non-hydrogen) atoms. The van der Waals surface area contributed by atoms with E-state index in [9.17, 15) is 18.3 Å². The highest BCUT2D eigenvalue weighted by atomic mass is 32.2. The number of aromatic nitrogens is 3. The number of hydrogen-bond donors (Lipinski definition) is 3. The Morgan fingerprint density at radius 3 is 2.62 bits per heavy atom. The lowest BCUT2D eigenvalue weighted by Crippen LogP contribution is -2.42. The third-order valence-electron chi connectivity index (χ3n) is 6.28. The molecule has 0 bridgehead atoms. The zero-order valence-electron chi connectivity index (χ0n) is 22.2. The maximum Gasteiger partial charge on any atom is 0.357 e. The third kappa shape index (κ3) is 7.20. The van der Waals surface area contributed by atoms with Crippen molar-refractivity contribution in [3.8, 4) is 0 Å². The van der Waals surface area contributed by atoms with E-state index in [0.29, 0.717) is 35.4 Å². The molecule has 4 rings (SSSR count). The Bertz CT molecular complexity index is 1540. The fourth-order valence-corrected chi connectivity index (χ4v) is 5.09. The van der Waals surface area contributed by atoms with Crippen molar-refractivity contribution < 1.29 is 23.1 Å². The van der Waals surface area contributed by atoms with Crippen molar-refractivity contribution in [1.29, 1.82) is 0 Å². The van der Waals surface area contributed by atoms with E-state index >= 15 is 0 Å². The van der Waals surface area contributed by atoms with Gasteiger partial charge in [0.05, 0.1) is 23.9 Å². The molecule has 4 aromatic rings. The number of imidazole rings is 1. The maximum atomic E-state index is 12.7. The summed E-state index contributed by atoms with van der Waals surface area (Å²) in [6.07, 6.45) is 1.53. The molecule has 0 saturated heterocycles. The number of carbonyl (C=O) groups is 1. The second-order valence-electron chi connectivity index (χ2n) is 9.77. The Kier molecular flexibility index (Phi) is 8.63. The molecule has 1 atom stereocenters. The number of nitrogens with one attached hydrogen (secondary N) is 2. The number of fused-ring (bicyclic) bond motifs is 1. The van der Waals surface area contributed by atoms with E-state index in [1.54, 1.807) is 67.8 Å². The molecule has 2 heterocycles. The van der Waals surface area contributed by atoms with Gasteiger partial charge in [-0.2, -0.15) is 0 Å². The second-order valence-corrected chi connectivity index (χ2v) is 11.5. The lowest BCUT2D eigenvalue weighted by molar-refractivity contribution is 0.0520. The van der Waals surface area contributed by atoms with Gasteiger partial charge in [-0.1, -0.05) is 30.3 Å². The van der Waals surface area contributed by atoms with E-state index < -0.39 is 22.1 Å². The van der Waals surface area contributed by atoms with E-state index in [-0.39, 0.29) is 29.3 Å². The fraction of sp³-hybridized carbons (Fsp3) is 0.321. The number of aliphatic hydroxyl groups is 1. The summed E-state index contributed by atoms with van der Waals surface area (Å²) in [5.74, 6) is -0.472. The van der Waals surface area contributed by atoms with E-state index in [2.05, 4.69) is 20.0 Å². The van der Waals surface area contributed by atoms with Crippen LogP contribution in [0.15, 0.2) is 78.0 Å². The average molecular weight is 552 g/mol. The number of sulfonamides is 1. The maximum absolute atomic E-state index is 12.7. The van der Waals surface area contributed by atoms with Gasteiger partial charge in [-0.15, -0.1) is 0 Å². The van der Waals surface area contributed by atoms with Gasteiger partial charge in [0, 0.05) is 24.3 Å². The monoisotopic (exact) mass is 551 g/mol. The number of aliphatic hydroxyl groups excluding tert-OH is 1. The number of ether oxygens (including phenoxy) is 1. The van der Waals surface area contributed by atoms with Gasteiger partial charge in [0.2, 0.25) is 0 Å². The molecule has 0 aliphatic carbocycles. The van der Waals surface area contributed by atoms with Crippen molar-refractivity contribution in [2.45, 2.75) is 50.3 Å². The van der Waals surface area contributed by atoms with Crippen LogP contribution < -0.4 is 10.0 Å². The van der Waals surface area contributed by atoms with Crippen molar-refractivity contribution in [1.82, 2.24) is 19.9 Å². The van der Waals surface area contributed by atoms with Crippen LogP contribution >= 0.6 is 0 Å². The zero-order chi connectivity index (χ0) is 28.0. The van der Waals surface area contributed by atoms with Crippen LogP contribution in [0.3, 0.4) is 0 Å². The largest absolute Gasteiger partial charge is 0.461 e. The van der Waals surface area contributed by atoms with Crippen molar-refractivity contribution in [2.24, 2.45) is 0 Å². The molecular weight excluding hydrogens is 518 g/mol. The van der Waals surface area contributed by atoms with E-state index in [0.717, 1.165) is 0 Å². The van der Waals surface area contributed by atoms with Crippen molar-refractivity contribution in [3.05, 3.63) is 84.3 Å². The quantitative estimate of drug-likeness (QED) is 0.226. The fourth-order valence-electron chi connectivity index (χ4n) is 4.02. The summed E-state index contributed by atoms with van der Waals surface area (Å²) in [5, 5.41) is 14.2. The molecule has 2 aromatic carbocycles. The highest BCUT2D eigenvalue weighted by Gasteiger charge is 2.21. The number of aryl methyl sites for hydroxylation is 1. The molecular formula is C28H33N5O5S. The van der Waals surface area contributed by atoms with Crippen molar-refractivity contribution in [2.75, 3.05) is 17.9 Å². The molecule has 10 nitrogen and oxygen atoms in total. The van der Waals surface area contributed by atoms with Crippen LogP contribution in [0, 0.1) is 0 Å².